The van der Waals surface area contributed by atoms with Crippen molar-refractivity contribution >= 4 is 11.4 Å². The molecule has 0 aliphatic carbocycles. The van der Waals surface area contributed by atoms with Gasteiger partial charge in [0.05, 0.1) is 5.57 Å². The van der Waals surface area contributed by atoms with Crippen molar-refractivity contribution in [3.8, 4) is 11.1 Å². The second kappa shape index (κ2) is 7.38. The van der Waals surface area contributed by atoms with Gasteiger partial charge in [0.1, 0.15) is 29.5 Å². The number of ether oxygens (including phenoxy) is 1. The molecule has 0 saturated carbocycles. The van der Waals surface area contributed by atoms with E-state index in [4.69, 9.17) is 4.74 Å². The lowest BCUT2D eigenvalue weighted by Crippen LogP contribution is -2.49. The predicted octanol–water partition coefficient (Wildman–Crippen LogP) is 5.95. The average Bonchev–Trinajstić information content (AvgIpc) is 2.66. The molecule has 2 aromatic carbocycles. The lowest BCUT2D eigenvalue weighted by molar-refractivity contribution is -0.158. The molecule has 2 aromatic rings. The normalized spacial score (nSPS) is 18.2. The maximum Gasteiger partial charge on any atom is 0.198 e. The molecule has 1 aliphatic heterocycles. The molecule has 0 fully saturated rings. The number of aliphatic hydroxyl groups excluding tert-OH is 1. The van der Waals surface area contributed by atoms with E-state index in [0.717, 1.165) is 5.56 Å². The molecule has 3 nitrogen and oxygen atoms in total. The van der Waals surface area contributed by atoms with Crippen LogP contribution in [0.4, 0.5) is 8.78 Å². The minimum Gasteiger partial charge on any atom is -0.508 e. The van der Waals surface area contributed by atoms with Gasteiger partial charge < -0.3 is 9.84 Å². The number of Topliss-reactive ketones (excluding diaryl/α,β-unsaturated/α-hetero) is 1. The van der Waals surface area contributed by atoms with Gasteiger partial charge >= 0.3 is 0 Å². The van der Waals surface area contributed by atoms with E-state index >= 15 is 0 Å². The van der Waals surface area contributed by atoms with E-state index in [1.165, 1.54) is 18.2 Å². The maximum absolute atomic E-state index is 14.6. The Labute approximate surface area is 170 Å². The number of alkyl halides is 1. The molecule has 1 N–H and O–H groups in total. The van der Waals surface area contributed by atoms with Crippen LogP contribution in [0.5, 0.6) is 0 Å². The highest BCUT2D eigenvalue weighted by molar-refractivity contribution is 6.26. The van der Waals surface area contributed by atoms with Crippen molar-refractivity contribution in [2.75, 3.05) is 0 Å². The lowest BCUT2D eigenvalue weighted by atomic mass is 9.80. The number of hydrogen-bond acceptors (Lipinski definition) is 3. The number of benzene rings is 2. The molecule has 0 radical (unpaired) electrons. The number of hydrogen-bond donors (Lipinski definition) is 1. The van der Waals surface area contributed by atoms with Crippen LogP contribution in [0.2, 0.25) is 0 Å². The minimum atomic E-state index is -1.11. The summed E-state index contributed by atoms with van der Waals surface area (Å²) < 4.78 is 33.2. The zero-order valence-corrected chi connectivity index (χ0v) is 17.4. The van der Waals surface area contributed by atoms with E-state index in [9.17, 15) is 18.7 Å². The fourth-order valence-electron chi connectivity index (χ4n) is 3.85. The zero-order valence-electron chi connectivity index (χ0n) is 17.4. The van der Waals surface area contributed by atoms with Gasteiger partial charge in [-0.2, -0.15) is 0 Å². The Balaban J connectivity index is 2.24. The van der Waals surface area contributed by atoms with Crippen LogP contribution in [0.15, 0.2) is 42.2 Å². The second-order valence-corrected chi connectivity index (χ2v) is 8.35. The summed E-state index contributed by atoms with van der Waals surface area (Å²) in [5.74, 6) is -0.996. The van der Waals surface area contributed by atoms with Crippen LogP contribution in [0.3, 0.4) is 0 Å². The Morgan fingerprint density at radius 3 is 2.28 bits per heavy atom. The van der Waals surface area contributed by atoms with Crippen molar-refractivity contribution in [3.63, 3.8) is 0 Å². The van der Waals surface area contributed by atoms with Gasteiger partial charge in [0.15, 0.2) is 5.78 Å². The van der Waals surface area contributed by atoms with Crippen LogP contribution < -0.4 is 0 Å². The Bertz CT molecular complexity index is 1000. The molecule has 154 valence electrons. The zero-order chi connectivity index (χ0) is 21.6. The summed E-state index contributed by atoms with van der Waals surface area (Å²) >= 11 is 0. The van der Waals surface area contributed by atoms with E-state index in [1.54, 1.807) is 39.8 Å². The number of aryl methyl sites for hydroxylation is 1. The summed E-state index contributed by atoms with van der Waals surface area (Å²) in [6.45, 7) is 7.98. The average molecular weight is 400 g/mol. The highest BCUT2D eigenvalue weighted by Crippen LogP contribution is 2.41. The number of rotatable bonds is 4. The Hall–Kier alpha value is -2.53. The largest absolute Gasteiger partial charge is 0.508 e. The molecule has 0 aromatic heterocycles. The van der Waals surface area contributed by atoms with Crippen molar-refractivity contribution in [1.82, 2.24) is 0 Å². The van der Waals surface area contributed by atoms with E-state index in [2.05, 4.69) is 0 Å². The summed E-state index contributed by atoms with van der Waals surface area (Å²) in [5, 5.41) is 10.9. The molecule has 0 unspecified atom stereocenters. The van der Waals surface area contributed by atoms with Crippen molar-refractivity contribution in [2.45, 2.75) is 58.9 Å². The van der Waals surface area contributed by atoms with E-state index in [0.29, 0.717) is 23.1 Å². The summed E-state index contributed by atoms with van der Waals surface area (Å²) in [5.41, 5.74) is 0.594. The predicted molar refractivity (Wildman–Crippen MR) is 110 cm³/mol. The number of halogens is 2. The highest BCUT2D eigenvalue weighted by Gasteiger charge is 2.47. The number of carbonyl (C=O) groups excluding carboxylic acids is 1. The number of ketones is 1. The fraction of sp³-hybridized carbons (Fsp3) is 0.375. The van der Waals surface area contributed by atoms with Crippen molar-refractivity contribution in [1.29, 1.82) is 0 Å². The van der Waals surface area contributed by atoms with Crippen LogP contribution in [0.1, 0.15) is 51.3 Å². The molecule has 1 heterocycles. The number of aliphatic hydroxyl groups is 1. The second-order valence-electron chi connectivity index (χ2n) is 8.35. The smallest absolute Gasteiger partial charge is 0.198 e. The van der Waals surface area contributed by atoms with E-state index in [-0.39, 0.29) is 22.7 Å². The first kappa shape index (κ1) is 21.2. The maximum atomic E-state index is 14.6. The quantitative estimate of drug-likeness (QED) is 0.690. The first-order chi connectivity index (χ1) is 13.5. The number of carbonyl (C=O) groups is 1. The van der Waals surface area contributed by atoms with E-state index < -0.39 is 23.7 Å². The Kier molecular flexibility index (Phi) is 5.39. The summed E-state index contributed by atoms with van der Waals surface area (Å²) in [7, 11) is 0. The first-order valence-corrected chi connectivity index (χ1v) is 9.68. The molecule has 29 heavy (non-hydrogen) atoms. The highest BCUT2D eigenvalue weighted by atomic mass is 19.1. The van der Waals surface area contributed by atoms with Gasteiger partial charge in [-0.1, -0.05) is 31.2 Å². The van der Waals surface area contributed by atoms with Gasteiger partial charge in [-0.3, -0.25) is 4.79 Å². The first-order valence-electron chi connectivity index (χ1n) is 9.68. The monoisotopic (exact) mass is 400 g/mol. The van der Waals surface area contributed by atoms with Crippen LogP contribution >= 0.6 is 0 Å². The van der Waals surface area contributed by atoms with Crippen molar-refractivity contribution in [3.05, 3.63) is 64.7 Å². The van der Waals surface area contributed by atoms with Gasteiger partial charge in [0.25, 0.3) is 0 Å². The van der Waals surface area contributed by atoms with Gasteiger partial charge in [0, 0.05) is 5.56 Å². The molecule has 0 saturated heterocycles. The molecular formula is C24H26F2O3. The molecule has 3 rings (SSSR count). The van der Waals surface area contributed by atoms with Gasteiger partial charge in [-0.25, -0.2) is 8.78 Å². The van der Waals surface area contributed by atoms with Crippen LogP contribution in [-0.4, -0.2) is 22.1 Å². The van der Waals surface area contributed by atoms with E-state index in [1.807, 2.05) is 13.0 Å². The molecule has 0 spiro atoms. The summed E-state index contributed by atoms with van der Waals surface area (Å²) in [6.07, 6.45) is 0.630. The lowest BCUT2D eigenvalue weighted by Gasteiger charge is -2.40. The summed E-state index contributed by atoms with van der Waals surface area (Å²) in [6, 6.07) is 9.56. The third-order valence-corrected chi connectivity index (χ3v) is 5.35. The molecule has 0 bridgehead atoms. The van der Waals surface area contributed by atoms with Gasteiger partial charge in [-0.15, -0.1) is 0 Å². The molecule has 0 atom stereocenters. The topological polar surface area (TPSA) is 46.5 Å². The van der Waals surface area contributed by atoms with Crippen molar-refractivity contribution < 1.29 is 23.4 Å². The minimum absolute atomic E-state index is 0.137. The van der Waals surface area contributed by atoms with Crippen LogP contribution in [0.25, 0.3) is 16.7 Å². The fourth-order valence-corrected chi connectivity index (χ4v) is 3.85. The van der Waals surface area contributed by atoms with Gasteiger partial charge in [-0.05, 0) is 68.5 Å². The third kappa shape index (κ3) is 3.71. The van der Waals surface area contributed by atoms with Gasteiger partial charge in [0.2, 0.25) is 0 Å². The molecule has 5 heteroatoms. The third-order valence-electron chi connectivity index (χ3n) is 5.35. The molecule has 1 aliphatic rings. The summed E-state index contributed by atoms with van der Waals surface area (Å²) in [4.78, 5) is 13.2. The Morgan fingerprint density at radius 2 is 1.69 bits per heavy atom. The van der Waals surface area contributed by atoms with Crippen molar-refractivity contribution in [2.24, 2.45) is 0 Å². The molecular weight excluding hydrogens is 374 g/mol. The van der Waals surface area contributed by atoms with Crippen LogP contribution in [-0.2, 0) is 22.6 Å². The standard InChI is InChI=1S/C24H26F2O3/c1-6-15-8-9-16(17-10-7-14(13-25)11-19(17)26)12-18(15)20-21(27)23(2,3)29-24(4,5)22(20)28/h7-12,27H,6,13H2,1-5H3. The SMILES string of the molecule is CCc1ccc(-c2ccc(CF)cc2F)cc1C1=C(O)C(C)(C)OC(C)(C)C1=O. The Morgan fingerprint density at radius 1 is 1.00 bits per heavy atom. The van der Waals surface area contributed by atoms with Crippen LogP contribution in [0, 0.1) is 5.82 Å². The molecule has 0 amide bonds.